The lowest BCUT2D eigenvalue weighted by Crippen LogP contribution is -2.22. The first-order chi connectivity index (χ1) is 10.2. The molecular formula is C14H9Cl2N3O2. The van der Waals surface area contributed by atoms with Crippen LogP contribution in [0.3, 0.4) is 0 Å². The van der Waals surface area contributed by atoms with Crippen molar-refractivity contribution < 1.29 is 9.47 Å². The van der Waals surface area contributed by atoms with Gasteiger partial charge in [0.1, 0.15) is 11.8 Å². The van der Waals surface area contributed by atoms with E-state index >= 15 is 0 Å². The Morgan fingerprint density at radius 2 is 1.95 bits per heavy atom. The van der Waals surface area contributed by atoms with E-state index in [1.54, 1.807) is 6.07 Å². The van der Waals surface area contributed by atoms with Crippen molar-refractivity contribution in [1.82, 2.24) is 15.0 Å². The fourth-order valence-corrected chi connectivity index (χ4v) is 2.51. The molecule has 21 heavy (non-hydrogen) atoms. The number of pyridine rings is 1. The zero-order valence-corrected chi connectivity index (χ0v) is 12.1. The number of para-hydroxylation sites is 2. The highest BCUT2D eigenvalue weighted by atomic mass is 35.5. The molecule has 1 aliphatic rings. The van der Waals surface area contributed by atoms with Crippen molar-refractivity contribution in [2.45, 2.75) is 6.10 Å². The molecule has 1 aliphatic heterocycles. The molecular weight excluding hydrogens is 313 g/mol. The molecule has 0 amide bonds. The van der Waals surface area contributed by atoms with Gasteiger partial charge in [-0.2, -0.15) is 0 Å². The van der Waals surface area contributed by atoms with Gasteiger partial charge >= 0.3 is 0 Å². The van der Waals surface area contributed by atoms with Gasteiger partial charge in [0, 0.05) is 0 Å². The number of hydrogen-bond donors (Lipinski definition) is 1. The highest BCUT2D eigenvalue weighted by molar-refractivity contribution is 6.41. The largest absolute Gasteiger partial charge is 0.485 e. The van der Waals surface area contributed by atoms with Crippen LogP contribution in [0, 0.1) is 0 Å². The quantitative estimate of drug-likeness (QED) is 0.693. The molecule has 1 unspecified atom stereocenters. The Hall–Kier alpha value is -1.98. The van der Waals surface area contributed by atoms with E-state index in [0.29, 0.717) is 34.4 Å². The Bertz CT molecular complexity index is 795. The number of fused-ring (bicyclic) bond motifs is 2. The molecule has 2 aromatic heterocycles. The summed E-state index contributed by atoms with van der Waals surface area (Å²) in [5.74, 6) is 2.05. The average molecular weight is 322 g/mol. The number of rotatable bonds is 1. The van der Waals surface area contributed by atoms with Gasteiger partial charge in [-0.3, -0.25) is 0 Å². The second kappa shape index (κ2) is 4.79. The van der Waals surface area contributed by atoms with Crippen LogP contribution >= 0.6 is 23.2 Å². The van der Waals surface area contributed by atoms with Crippen molar-refractivity contribution in [2.75, 3.05) is 6.61 Å². The number of ether oxygens (including phenoxy) is 2. The Kier molecular flexibility index (Phi) is 2.90. The molecule has 1 aromatic carbocycles. The van der Waals surface area contributed by atoms with Gasteiger partial charge in [-0.25, -0.2) is 9.97 Å². The van der Waals surface area contributed by atoms with E-state index in [1.165, 1.54) is 0 Å². The molecule has 1 N–H and O–H groups in total. The second-order valence-electron chi connectivity index (χ2n) is 4.62. The molecule has 0 spiro atoms. The average Bonchev–Trinajstić information content (AvgIpc) is 2.90. The van der Waals surface area contributed by atoms with Crippen LogP contribution in [0.2, 0.25) is 10.2 Å². The number of aromatic nitrogens is 3. The normalized spacial score (nSPS) is 17.1. The summed E-state index contributed by atoms with van der Waals surface area (Å²) in [6.07, 6.45) is -0.327. The number of nitrogens with zero attached hydrogens (tertiary/aromatic N) is 2. The lowest BCUT2D eigenvalue weighted by atomic mass is 10.2. The highest BCUT2D eigenvalue weighted by Gasteiger charge is 2.25. The van der Waals surface area contributed by atoms with Gasteiger partial charge in [0.05, 0.1) is 10.5 Å². The first-order valence-corrected chi connectivity index (χ1v) is 7.06. The van der Waals surface area contributed by atoms with Gasteiger partial charge in [0.2, 0.25) is 0 Å². The first-order valence-electron chi connectivity index (χ1n) is 6.31. The molecule has 0 fully saturated rings. The Labute approximate surface area is 129 Å². The molecule has 0 saturated carbocycles. The number of H-pyrrole nitrogens is 1. The maximum absolute atomic E-state index is 5.95. The summed E-state index contributed by atoms with van der Waals surface area (Å²) in [5, 5.41) is 0.610. The fraction of sp³-hybridized carbons (Fsp3) is 0.143. The van der Waals surface area contributed by atoms with Gasteiger partial charge in [-0.15, -0.1) is 0 Å². The van der Waals surface area contributed by atoms with Crippen molar-refractivity contribution in [3.8, 4) is 11.5 Å². The van der Waals surface area contributed by atoms with E-state index in [4.69, 9.17) is 32.7 Å². The summed E-state index contributed by atoms with van der Waals surface area (Å²) >= 11 is 11.8. The van der Waals surface area contributed by atoms with Gasteiger partial charge in [-0.1, -0.05) is 35.3 Å². The molecule has 7 heteroatoms. The lowest BCUT2D eigenvalue weighted by Gasteiger charge is -2.24. The molecule has 1 atom stereocenters. The van der Waals surface area contributed by atoms with Crippen molar-refractivity contribution >= 4 is 34.4 Å². The Morgan fingerprint density at radius 1 is 1.14 bits per heavy atom. The Morgan fingerprint density at radius 3 is 2.81 bits per heavy atom. The number of benzene rings is 1. The van der Waals surface area contributed by atoms with Crippen LogP contribution in [0.15, 0.2) is 30.3 Å². The highest BCUT2D eigenvalue weighted by Crippen LogP contribution is 2.35. The number of hydrogen-bond acceptors (Lipinski definition) is 4. The third-order valence-corrected chi connectivity index (χ3v) is 3.89. The molecule has 0 radical (unpaired) electrons. The van der Waals surface area contributed by atoms with Crippen LogP contribution in [-0.4, -0.2) is 21.6 Å². The second-order valence-corrected chi connectivity index (χ2v) is 5.38. The van der Waals surface area contributed by atoms with Crippen LogP contribution < -0.4 is 9.47 Å². The van der Waals surface area contributed by atoms with Gasteiger partial charge in [0.25, 0.3) is 0 Å². The van der Waals surface area contributed by atoms with E-state index in [-0.39, 0.29) is 11.3 Å². The number of imidazole rings is 1. The monoisotopic (exact) mass is 321 g/mol. The maximum Gasteiger partial charge on any atom is 0.190 e. The summed E-state index contributed by atoms with van der Waals surface area (Å²) in [6, 6.07) is 9.21. The van der Waals surface area contributed by atoms with Crippen LogP contribution in [0.25, 0.3) is 11.2 Å². The minimum absolute atomic E-state index is 0.230. The van der Waals surface area contributed by atoms with Crippen molar-refractivity contribution in [3.63, 3.8) is 0 Å². The van der Waals surface area contributed by atoms with Crippen LogP contribution in [0.4, 0.5) is 0 Å². The molecule has 106 valence electrons. The van der Waals surface area contributed by atoms with Crippen LogP contribution in [0.5, 0.6) is 11.5 Å². The van der Waals surface area contributed by atoms with E-state index in [1.807, 2.05) is 24.3 Å². The minimum atomic E-state index is -0.327. The smallest absolute Gasteiger partial charge is 0.190 e. The summed E-state index contributed by atoms with van der Waals surface area (Å²) in [7, 11) is 0. The predicted molar refractivity (Wildman–Crippen MR) is 79.2 cm³/mol. The SMILES string of the molecule is Clc1cc2[nH]c(C3COc4ccccc4O3)nc2nc1Cl. The predicted octanol–water partition coefficient (Wildman–Crippen LogP) is 3.78. The summed E-state index contributed by atoms with van der Waals surface area (Å²) < 4.78 is 11.6. The van der Waals surface area contributed by atoms with Gasteiger partial charge in [0.15, 0.2) is 29.1 Å². The third-order valence-electron chi connectivity index (χ3n) is 3.22. The number of aromatic amines is 1. The number of nitrogens with one attached hydrogen (secondary N) is 1. The summed E-state index contributed by atoms with van der Waals surface area (Å²) in [4.78, 5) is 11.7. The lowest BCUT2D eigenvalue weighted by molar-refractivity contribution is 0.0859. The molecule has 5 nitrogen and oxygen atoms in total. The number of halogens is 2. The van der Waals surface area contributed by atoms with Crippen molar-refractivity contribution in [2.24, 2.45) is 0 Å². The molecule has 0 aliphatic carbocycles. The Balaban J connectivity index is 1.71. The van der Waals surface area contributed by atoms with Crippen LogP contribution in [-0.2, 0) is 0 Å². The first kappa shape index (κ1) is 12.7. The fourth-order valence-electron chi connectivity index (χ4n) is 2.22. The van der Waals surface area contributed by atoms with Crippen molar-refractivity contribution in [1.29, 1.82) is 0 Å². The van der Waals surface area contributed by atoms with Gasteiger partial charge in [-0.05, 0) is 18.2 Å². The van der Waals surface area contributed by atoms with Crippen molar-refractivity contribution in [3.05, 3.63) is 46.3 Å². The molecule has 0 saturated heterocycles. The zero-order chi connectivity index (χ0) is 14.4. The van der Waals surface area contributed by atoms with E-state index in [2.05, 4.69) is 15.0 Å². The maximum atomic E-state index is 5.95. The summed E-state index contributed by atoms with van der Waals surface area (Å²) in [5.41, 5.74) is 1.21. The standard InChI is InChI=1S/C14H9Cl2N3O2/c15-7-5-8-13(18-12(7)16)19-14(17-8)11-6-20-9-3-1-2-4-10(9)21-11/h1-5,11H,6H2,(H,17,18,19). The molecule has 0 bridgehead atoms. The minimum Gasteiger partial charge on any atom is -0.485 e. The van der Waals surface area contributed by atoms with Crippen LogP contribution in [0.1, 0.15) is 11.9 Å². The van der Waals surface area contributed by atoms with E-state index in [0.717, 1.165) is 5.75 Å². The van der Waals surface area contributed by atoms with Gasteiger partial charge < -0.3 is 14.5 Å². The molecule has 3 heterocycles. The molecule has 4 rings (SSSR count). The van der Waals surface area contributed by atoms with E-state index < -0.39 is 0 Å². The topological polar surface area (TPSA) is 60.0 Å². The third kappa shape index (κ3) is 2.18. The zero-order valence-electron chi connectivity index (χ0n) is 10.6. The summed E-state index contributed by atoms with van der Waals surface area (Å²) in [6.45, 7) is 0.373. The molecule has 3 aromatic rings. The van der Waals surface area contributed by atoms with E-state index in [9.17, 15) is 0 Å².